The number of rotatable bonds is 5. The van der Waals surface area contributed by atoms with Crippen LogP contribution in [0.3, 0.4) is 0 Å². The van der Waals surface area contributed by atoms with Crippen molar-refractivity contribution in [2.45, 2.75) is 43.5 Å². The predicted octanol–water partition coefficient (Wildman–Crippen LogP) is 1.46. The third-order valence-corrected chi connectivity index (χ3v) is 5.20. The molecule has 8 heteroatoms. The second-order valence-electron chi connectivity index (χ2n) is 6.43. The van der Waals surface area contributed by atoms with Crippen LogP contribution < -0.4 is 10.6 Å². The summed E-state index contributed by atoms with van der Waals surface area (Å²) in [6.07, 6.45) is 2.93. The number of anilines is 1. The van der Waals surface area contributed by atoms with Gasteiger partial charge in [0.05, 0.1) is 0 Å². The van der Waals surface area contributed by atoms with E-state index in [-0.39, 0.29) is 0 Å². The van der Waals surface area contributed by atoms with Crippen LogP contribution in [-0.2, 0) is 28.7 Å². The highest BCUT2D eigenvalue weighted by atomic mass is 32.2. The third-order valence-electron chi connectivity index (χ3n) is 4.52. The molecule has 3 heterocycles. The van der Waals surface area contributed by atoms with Crippen molar-refractivity contribution in [2.24, 2.45) is 0 Å². The zero-order chi connectivity index (χ0) is 16.5. The summed E-state index contributed by atoms with van der Waals surface area (Å²) in [6.45, 7) is 1.82. The van der Waals surface area contributed by atoms with E-state index in [4.69, 9.17) is 0 Å². The van der Waals surface area contributed by atoms with E-state index in [0.29, 0.717) is 49.4 Å². The molecule has 1 aromatic heterocycles. The minimum Gasteiger partial charge on any atom is -0.370 e. The van der Waals surface area contributed by atoms with Gasteiger partial charge in [-0.3, -0.25) is 4.55 Å². The van der Waals surface area contributed by atoms with Gasteiger partial charge in [-0.25, -0.2) is 9.37 Å². The molecule has 1 saturated heterocycles. The fourth-order valence-corrected chi connectivity index (χ4v) is 3.96. The van der Waals surface area contributed by atoms with Crippen molar-refractivity contribution in [2.75, 3.05) is 25.0 Å². The van der Waals surface area contributed by atoms with Crippen LogP contribution in [-0.4, -0.2) is 43.3 Å². The maximum atomic E-state index is 14.5. The van der Waals surface area contributed by atoms with Crippen molar-refractivity contribution in [3.8, 4) is 0 Å². The predicted molar refractivity (Wildman–Crippen MR) is 85.9 cm³/mol. The first-order valence-electron chi connectivity index (χ1n) is 7.95. The molecule has 2 aliphatic rings. The van der Waals surface area contributed by atoms with Gasteiger partial charge in [-0.2, -0.15) is 8.42 Å². The van der Waals surface area contributed by atoms with E-state index in [2.05, 4.69) is 15.6 Å². The van der Waals surface area contributed by atoms with E-state index in [1.54, 1.807) is 6.07 Å². The van der Waals surface area contributed by atoms with Crippen molar-refractivity contribution in [3.05, 3.63) is 22.9 Å². The molecule has 0 aliphatic carbocycles. The van der Waals surface area contributed by atoms with Crippen LogP contribution >= 0.6 is 0 Å². The Morgan fingerprint density at radius 1 is 1.39 bits per heavy atom. The smallest absolute Gasteiger partial charge is 0.269 e. The van der Waals surface area contributed by atoms with Gasteiger partial charge in [-0.15, -0.1) is 0 Å². The summed E-state index contributed by atoms with van der Waals surface area (Å²) in [5, 5.41) is 6.19. The number of halogens is 1. The van der Waals surface area contributed by atoms with Gasteiger partial charge in [0.25, 0.3) is 10.1 Å². The highest BCUT2D eigenvalue weighted by molar-refractivity contribution is 7.85. The number of fused-ring (bicyclic) bond motifs is 1. The minimum absolute atomic E-state index is 0.355. The van der Waals surface area contributed by atoms with Crippen molar-refractivity contribution < 1.29 is 17.4 Å². The van der Waals surface area contributed by atoms with Crippen LogP contribution in [0.15, 0.2) is 6.07 Å². The molecule has 0 saturated carbocycles. The Morgan fingerprint density at radius 3 is 2.91 bits per heavy atom. The molecular formula is C15H22FN3O3S. The lowest BCUT2D eigenvalue weighted by atomic mass is 9.95. The quantitative estimate of drug-likeness (QED) is 0.701. The van der Waals surface area contributed by atoms with Crippen molar-refractivity contribution in [3.63, 3.8) is 0 Å². The van der Waals surface area contributed by atoms with Crippen LogP contribution in [0, 0.1) is 0 Å². The Balaban J connectivity index is 1.84. The molecule has 3 N–H and O–H groups in total. The number of hydrogen-bond donors (Lipinski definition) is 3. The largest absolute Gasteiger partial charge is 0.370 e. The Labute approximate surface area is 135 Å². The van der Waals surface area contributed by atoms with Crippen LogP contribution in [0.1, 0.15) is 36.1 Å². The summed E-state index contributed by atoms with van der Waals surface area (Å²) >= 11 is 0. The average molecular weight is 343 g/mol. The van der Waals surface area contributed by atoms with Gasteiger partial charge in [-0.1, -0.05) is 0 Å². The molecule has 0 amide bonds. The average Bonchev–Trinajstić information content (AvgIpc) is 2.91. The monoisotopic (exact) mass is 343 g/mol. The summed E-state index contributed by atoms with van der Waals surface area (Å²) in [5.74, 6) is 0.249. The molecule has 128 valence electrons. The molecule has 2 aliphatic heterocycles. The minimum atomic E-state index is -4.11. The SMILES string of the molecule is O=S(=O)(O)Cc1cc(CCC2(F)CCNC2)nc2c1CCCN2. The van der Waals surface area contributed by atoms with Crippen LogP contribution in [0.4, 0.5) is 10.2 Å². The van der Waals surface area contributed by atoms with E-state index in [1.165, 1.54) is 0 Å². The Hall–Kier alpha value is -1.25. The summed E-state index contributed by atoms with van der Waals surface area (Å²) in [5.41, 5.74) is 0.863. The highest BCUT2D eigenvalue weighted by Crippen LogP contribution is 2.29. The fourth-order valence-electron chi connectivity index (χ4n) is 3.31. The molecule has 1 unspecified atom stereocenters. The highest BCUT2D eigenvalue weighted by Gasteiger charge is 2.33. The fraction of sp³-hybridized carbons (Fsp3) is 0.667. The van der Waals surface area contributed by atoms with Crippen LogP contribution in [0.5, 0.6) is 0 Å². The van der Waals surface area contributed by atoms with Gasteiger partial charge in [-0.05, 0) is 55.8 Å². The molecule has 0 bridgehead atoms. The standard InChI is InChI=1S/C15H22FN3O3S/c16-15(5-7-17-10-15)4-3-12-8-11(9-23(20,21)22)13-2-1-6-18-14(13)19-12/h8,17H,1-7,9-10H2,(H,18,19)(H,20,21,22). The van der Waals surface area contributed by atoms with Crippen molar-refractivity contribution >= 4 is 15.9 Å². The maximum absolute atomic E-state index is 14.5. The van der Waals surface area contributed by atoms with Gasteiger partial charge in [0.15, 0.2) is 0 Å². The van der Waals surface area contributed by atoms with Gasteiger partial charge in [0.2, 0.25) is 0 Å². The maximum Gasteiger partial charge on any atom is 0.269 e. The van der Waals surface area contributed by atoms with E-state index >= 15 is 0 Å². The number of nitrogens with zero attached hydrogens (tertiary/aromatic N) is 1. The Kier molecular flexibility index (Phi) is 4.57. The van der Waals surface area contributed by atoms with Crippen LogP contribution in [0.2, 0.25) is 0 Å². The number of pyridine rings is 1. The lowest BCUT2D eigenvalue weighted by molar-refractivity contribution is 0.176. The normalized spacial score (nSPS) is 24.3. The van der Waals surface area contributed by atoms with Gasteiger partial charge >= 0.3 is 0 Å². The number of aryl methyl sites for hydroxylation is 1. The Bertz CT molecular complexity index is 687. The van der Waals surface area contributed by atoms with E-state index in [1.807, 2.05) is 0 Å². The van der Waals surface area contributed by atoms with Gasteiger partial charge in [0.1, 0.15) is 17.2 Å². The number of nitrogens with one attached hydrogen (secondary N) is 2. The first kappa shape index (κ1) is 16.6. The first-order valence-corrected chi connectivity index (χ1v) is 9.56. The third kappa shape index (κ3) is 4.19. The molecule has 0 radical (unpaired) electrons. The van der Waals surface area contributed by atoms with Gasteiger partial charge < -0.3 is 10.6 Å². The summed E-state index contributed by atoms with van der Waals surface area (Å²) in [6, 6.07) is 1.70. The molecular weight excluding hydrogens is 321 g/mol. The van der Waals surface area contributed by atoms with E-state index in [9.17, 15) is 17.4 Å². The molecule has 1 fully saturated rings. The number of alkyl halides is 1. The topological polar surface area (TPSA) is 91.3 Å². The van der Waals surface area contributed by atoms with Crippen LogP contribution in [0.25, 0.3) is 0 Å². The molecule has 1 aromatic rings. The zero-order valence-electron chi connectivity index (χ0n) is 12.9. The molecule has 6 nitrogen and oxygen atoms in total. The summed E-state index contributed by atoms with van der Waals surface area (Å²) < 4.78 is 46.2. The van der Waals surface area contributed by atoms with Gasteiger partial charge in [0, 0.05) is 18.8 Å². The Morgan fingerprint density at radius 2 is 2.22 bits per heavy atom. The van der Waals surface area contributed by atoms with E-state index < -0.39 is 21.5 Å². The second-order valence-corrected chi connectivity index (χ2v) is 7.89. The number of aromatic nitrogens is 1. The lowest BCUT2D eigenvalue weighted by Crippen LogP contribution is -2.27. The van der Waals surface area contributed by atoms with E-state index in [0.717, 1.165) is 24.9 Å². The molecule has 0 aromatic carbocycles. The van der Waals surface area contributed by atoms with Crippen molar-refractivity contribution in [1.82, 2.24) is 10.3 Å². The number of hydrogen-bond acceptors (Lipinski definition) is 5. The molecule has 1 atom stereocenters. The molecule has 3 rings (SSSR count). The summed E-state index contributed by atoms with van der Waals surface area (Å²) in [7, 11) is -4.11. The molecule has 23 heavy (non-hydrogen) atoms. The second kappa shape index (κ2) is 6.33. The zero-order valence-corrected chi connectivity index (χ0v) is 13.8. The lowest BCUT2D eigenvalue weighted by Gasteiger charge is -2.22. The first-order chi connectivity index (χ1) is 10.8. The summed E-state index contributed by atoms with van der Waals surface area (Å²) in [4.78, 5) is 4.52. The van der Waals surface area contributed by atoms with Crippen molar-refractivity contribution in [1.29, 1.82) is 0 Å². The molecule has 0 spiro atoms.